The van der Waals surface area contributed by atoms with Gasteiger partial charge in [-0.25, -0.2) is 23.4 Å². The van der Waals surface area contributed by atoms with Crippen LogP contribution in [-0.2, 0) is 15.6 Å². The summed E-state index contributed by atoms with van der Waals surface area (Å²) in [5.74, 6) is 0.758. The SMILES string of the molecule is COc1cccc(OC)c1-n1c(CS(=O)(=O)[C@H](C)[C@@H](O)c2ncc(C)cn2)nnc1-c1cccc(C)n1. The Morgan fingerprint density at radius 3 is 2.19 bits per heavy atom. The lowest BCUT2D eigenvalue weighted by Crippen LogP contribution is -2.29. The molecule has 0 aliphatic heterocycles. The largest absolute Gasteiger partial charge is 0.494 e. The second kappa shape index (κ2) is 10.6. The molecule has 11 nitrogen and oxygen atoms in total. The van der Waals surface area contributed by atoms with Crippen molar-refractivity contribution in [3.63, 3.8) is 0 Å². The van der Waals surface area contributed by atoms with E-state index in [1.165, 1.54) is 33.5 Å². The first-order chi connectivity index (χ1) is 17.7. The summed E-state index contributed by atoms with van der Waals surface area (Å²) in [4.78, 5) is 12.7. The predicted molar refractivity (Wildman–Crippen MR) is 136 cm³/mol. The minimum Gasteiger partial charge on any atom is -0.494 e. The third-order valence-corrected chi connectivity index (χ3v) is 7.93. The number of aryl methyl sites for hydroxylation is 2. The first-order valence-corrected chi connectivity index (χ1v) is 13.2. The van der Waals surface area contributed by atoms with Gasteiger partial charge in [0.1, 0.15) is 34.7 Å². The van der Waals surface area contributed by atoms with Crippen LogP contribution in [0.1, 0.15) is 35.9 Å². The Morgan fingerprint density at radius 1 is 0.973 bits per heavy atom. The van der Waals surface area contributed by atoms with Crippen molar-refractivity contribution in [1.82, 2.24) is 29.7 Å². The maximum absolute atomic E-state index is 13.5. The molecule has 0 radical (unpaired) electrons. The third kappa shape index (κ3) is 5.30. The maximum atomic E-state index is 13.5. The van der Waals surface area contributed by atoms with Crippen LogP contribution in [0.5, 0.6) is 11.5 Å². The van der Waals surface area contributed by atoms with E-state index in [1.807, 2.05) is 19.1 Å². The summed E-state index contributed by atoms with van der Waals surface area (Å²) >= 11 is 0. The molecular formula is C25H28N6O5S. The van der Waals surface area contributed by atoms with Gasteiger partial charge in [0, 0.05) is 18.1 Å². The van der Waals surface area contributed by atoms with Gasteiger partial charge in [-0.15, -0.1) is 10.2 Å². The lowest BCUT2D eigenvalue weighted by atomic mass is 10.2. The Bertz CT molecular complexity index is 1480. The van der Waals surface area contributed by atoms with Gasteiger partial charge >= 0.3 is 0 Å². The summed E-state index contributed by atoms with van der Waals surface area (Å²) in [6.07, 6.45) is 1.62. The van der Waals surface area contributed by atoms with Crippen molar-refractivity contribution < 1.29 is 23.0 Å². The van der Waals surface area contributed by atoms with Crippen LogP contribution in [-0.4, -0.2) is 62.7 Å². The molecular weight excluding hydrogens is 496 g/mol. The molecule has 0 amide bonds. The number of hydrogen-bond acceptors (Lipinski definition) is 10. The predicted octanol–water partition coefficient (Wildman–Crippen LogP) is 2.79. The number of sulfone groups is 1. The molecule has 1 aromatic carbocycles. The highest BCUT2D eigenvalue weighted by Crippen LogP contribution is 2.36. The van der Waals surface area contributed by atoms with Gasteiger partial charge in [0.2, 0.25) is 0 Å². The minimum atomic E-state index is -3.97. The lowest BCUT2D eigenvalue weighted by Gasteiger charge is -2.20. The molecule has 3 aromatic heterocycles. The molecule has 12 heteroatoms. The Morgan fingerprint density at radius 2 is 1.59 bits per heavy atom. The van der Waals surface area contributed by atoms with Crippen molar-refractivity contribution >= 4 is 9.84 Å². The molecule has 0 saturated heterocycles. The zero-order valence-electron chi connectivity index (χ0n) is 21.2. The van der Waals surface area contributed by atoms with Crippen molar-refractivity contribution in [2.75, 3.05) is 14.2 Å². The van der Waals surface area contributed by atoms with Gasteiger partial charge in [0.15, 0.2) is 27.3 Å². The number of hydrogen-bond donors (Lipinski definition) is 1. The summed E-state index contributed by atoms with van der Waals surface area (Å²) in [5.41, 5.74) is 2.46. The lowest BCUT2D eigenvalue weighted by molar-refractivity contribution is 0.166. The molecule has 3 heterocycles. The molecule has 1 N–H and O–H groups in total. The standard InChI is InChI=1S/C25H28N6O5S/c1-15-12-26-24(27-13-15)23(32)17(3)37(33,34)14-21-29-30-25(18-9-6-8-16(2)28-18)31(21)22-19(35-4)10-7-11-20(22)36-5/h6-13,17,23,32H,14H2,1-5H3/t17-,23-/m1/s1. The number of pyridine rings is 1. The fourth-order valence-electron chi connectivity index (χ4n) is 3.80. The van der Waals surface area contributed by atoms with Crippen molar-refractivity contribution in [1.29, 1.82) is 0 Å². The molecule has 2 atom stereocenters. The highest BCUT2D eigenvalue weighted by Gasteiger charge is 2.34. The van der Waals surface area contributed by atoms with Crippen LogP contribution in [0.25, 0.3) is 17.2 Å². The highest BCUT2D eigenvalue weighted by molar-refractivity contribution is 7.91. The van der Waals surface area contributed by atoms with Crippen molar-refractivity contribution in [2.24, 2.45) is 0 Å². The number of aliphatic hydroxyl groups is 1. The molecule has 0 spiro atoms. The Kier molecular flexibility index (Phi) is 7.50. The number of rotatable bonds is 9. The molecule has 0 unspecified atom stereocenters. The summed E-state index contributed by atoms with van der Waals surface area (Å²) in [7, 11) is -0.966. The summed E-state index contributed by atoms with van der Waals surface area (Å²) in [6.45, 7) is 5.06. The van der Waals surface area contributed by atoms with Gasteiger partial charge in [-0.2, -0.15) is 0 Å². The van der Waals surface area contributed by atoms with Gasteiger partial charge in [-0.1, -0.05) is 12.1 Å². The average Bonchev–Trinajstić information content (AvgIpc) is 3.29. The summed E-state index contributed by atoms with van der Waals surface area (Å²) < 4.78 is 39.7. The molecule has 0 saturated carbocycles. The first-order valence-electron chi connectivity index (χ1n) is 11.4. The van der Waals surface area contributed by atoms with Crippen LogP contribution < -0.4 is 9.47 Å². The van der Waals surface area contributed by atoms with E-state index in [0.29, 0.717) is 28.7 Å². The molecule has 4 rings (SSSR count). The van der Waals surface area contributed by atoms with Crippen LogP contribution in [0.2, 0.25) is 0 Å². The normalized spacial score (nSPS) is 13.2. The molecule has 0 fully saturated rings. The van der Waals surface area contributed by atoms with E-state index in [-0.39, 0.29) is 11.6 Å². The Balaban J connectivity index is 1.83. The number of ether oxygens (including phenoxy) is 2. The number of aromatic nitrogens is 6. The van der Waals surface area contributed by atoms with Gasteiger partial charge in [0.05, 0.1) is 19.5 Å². The van der Waals surface area contributed by atoms with E-state index in [0.717, 1.165) is 11.3 Å². The van der Waals surface area contributed by atoms with E-state index < -0.39 is 26.9 Å². The molecule has 0 aliphatic carbocycles. The highest BCUT2D eigenvalue weighted by atomic mass is 32.2. The number of nitrogens with zero attached hydrogens (tertiary/aromatic N) is 6. The smallest absolute Gasteiger partial charge is 0.187 e. The van der Waals surface area contributed by atoms with Crippen molar-refractivity contribution in [3.05, 3.63) is 71.7 Å². The van der Waals surface area contributed by atoms with Crippen LogP contribution in [0.4, 0.5) is 0 Å². The average molecular weight is 525 g/mol. The topological polar surface area (TPSA) is 142 Å². The van der Waals surface area contributed by atoms with E-state index in [2.05, 4.69) is 25.1 Å². The maximum Gasteiger partial charge on any atom is 0.187 e. The van der Waals surface area contributed by atoms with Crippen LogP contribution in [0, 0.1) is 13.8 Å². The van der Waals surface area contributed by atoms with Crippen LogP contribution in [0.3, 0.4) is 0 Å². The number of para-hydroxylation sites is 1. The second-order valence-corrected chi connectivity index (χ2v) is 10.9. The molecule has 194 valence electrons. The number of aliphatic hydroxyl groups excluding tert-OH is 1. The fourth-order valence-corrected chi connectivity index (χ4v) is 5.13. The van der Waals surface area contributed by atoms with E-state index in [9.17, 15) is 13.5 Å². The fraction of sp³-hybridized carbons (Fsp3) is 0.320. The van der Waals surface area contributed by atoms with E-state index >= 15 is 0 Å². The quantitative estimate of drug-likeness (QED) is 0.347. The van der Waals surface area contributed by atoms with Crippen molar-refractivity contribution in [2.45, 2.75) is 37.9 Å². The first kappa shape index (κ1) is 26.2. The number of benzene rings is 1. The van der Waals surface area contributed by atoms with Gasteiger partial charge < -0.3 is 14.6 Å². The Labute approximate surface area is 215 Å². The minimum absolute atomic E-state index is 0.0270. The van der Waals surface area contributed by atoms with Crippen molar-refractivity contribution in [3.8, 4) is 28.7 Å². The Hall–Kier alpha value is -3.90. The molecule has 0 aliphatic rings. The summed E-state index contributed by atoms with van der Waals surface area (Å²) in [6, 6.07) is 10.6. The molecule has 37 heavy (non-hydrogen) atoms. The third-order valence-electron chi connectivity index (χ3n) is 5.88. The van der Waals surface area contributed by atoms with Crippen LogP contribution in [0.15, 0.2) is 48.8 Å². The van der Waals surface area contributed by atoms with Gasteiger partial charge in [-0.3, -0.25) is 4.57 Å². The van der Waals surface area contributed by atoms with Gasteiger partial charge in [0.25, 0.3) is 0 Å². The summed E-state index contributed by atoms with van der Waals surface area (Å²) in [5, 5.41) is 18.1. The zero-order chi connectivity index (χ0) is 26.7. The van der Waals surface area contributed by atoms with E-state index in [1.54, 1.807) is 35.8 Å². The second-order valence-electron chi connectivity index (χ2n) is 8.53. The monoisotopic (exact) mass is 524 g/mol. The zero-order valence-corrected chi connectivity index (χ0v) is 22.0. The van der Waals surface area contributed by atoms with Crippen LogP contribution >= 0.6 is 0 Å². The number of methoxy groups -OCH3 is 2. The molecule has 0 bridgehead atoms. The van der Waals surface area contributed by atoms with E-state index in [4.69, 9.17) is 9.47 Å². The molecule has 4 aromatic rings. The van der Waals surface area contributed by atoms with Gasteiger partial charge in [-0.05, 0) is 50.6 Å².